The van der Waals surface area contributed by atoms with Crippen molar-refractivity contribution in [2.75, 3.05) is 0 Å². The molecule has 29 heavy (non-hydrogen) atoms. The highest BCUT2D eigenvalue weighted by Gasteiger charge is 2.16. The third kappa shape index (κ3) is 2.53. The molecule has 0 saturated heterocycles. The molecule has 0 N–H and O–H groups in total. The number of benzene rings is 4. The van der Waals surface area contributed by atoms with E-state index in [0.29, 0.717) is 11.8 Å². The highest BCUT2D eigenvalue weighted by Crippen LogP contribution is 2.37. The van der Waals surface area contributed by atoms with E-state index in [1.165, 1.54) is 0 Å². The molecule has 0 aliphatic heterocycles. The second-order valence-corrected chi connectivity index (χ2v) is 7.18. The van der Waals surface area contributed by atoms with E-state index in [4.69, 9.17) is 13.8 Å². The lowest BCUT2D eigenvalue weighted by molar-refractivity contribution is 0.619. The molecule has 6 aromatic rings. The maximum atomic E-state index is 6.06. The summed E-state index contributed by atoms with van der Waals surface area (Å²) in [6.07, 6.45) is 0. The predicted octanol–water partition coefficient (Wildman–Crippen LogP) is 6.76. The zero-order valence-electron chi connectivity index (χ0n) is 15.7. The van der Waals surface area contributed by atoms with E-state index in [2.05, 4.69) is 24.0 Å². The molecule has 4 aromatic carbocycles. The third-order valence-corrected chi connectivity index (χ3v) is 5.22. The molecule has 0 fully saturated rings. The van der Waals surface area contributed by atoms with Crippen molar-refractivity contribution in [3.8, 4) is 22.9 Å². The minimum Gasteiger partial charge on any atom is -0.436 e. The molecule has 0 spiro atoms. The van der Waals surface area contributed by atoms with E-state index in [0.717, 1.165) is 49.7 Å². The van der Waals surface area contributed by atoms with E-state index in [1.54, 1.807) is 0 Å². The highest BCUT2D eigenvalue weighted by molar-refractivity contribution is 6.03. The molecule has 0 radical (unpaired) electrons. The molecule has 4 nitrogen and oxygen atoms in total. The number of oxazole rings is 2. The van der Waals surface area contributed by atoms with Gasteiger partial charge in [0.1, 0.15) is 11.0 Å². The topological polar surface area (TPSA) is 52.1 Å². The Bertz CT molecular complexity index is 1490. The van der Waals surface area contributed by atoms with Crippen molar-refractivity contribution < 1.29 is 8.83 Å². The molecule has 0 bridgehead atoms. The molecule has 138 valence electrons. The summed E-state index contributed by atoms with van der Waals surface area (Å²) in [6.45, 7) is 2.05. The van der Waals surface area contributed by atoms with Crippen LogP contribution >= 0.6 is 0 Å². The molecule has 6 rings (SSSR count). The van der Waals surface area contributed by atoms with Gasteiger partial charge in [-0.1, -0.05) is 42.5 Å². The molecule has 0 atom stereocenters. The number of hydrogen-bond acceptors (Lipinski definition) is 4. The Morgan fingerprint density at radius 2 is 1.17 bits per heavy atom. The minimum absolute atomic E-state index is 0.613. The van der Waals surface area contributed by atoms with Gasteiger partial charge in [0.05, 0.1) is 0 Å². The smallest absolute Gasteiger partial charge is 0.227 e. The van der Waals surface area contributed by atoms with Crippen LogP contribution in [0.25, 0.3) is 55.9 Å². The Kier molecular flexibility index (Phi) is 3.35. The number of aromatic nitrogens is 2. The van der Waals surface area contributed by atoms with Crippen LogP contribution < -0.4 is 0 Å². The van der Waals surface area contributed by atoms with Crippen molar-refractivity contribution >= 4 is 33.0 Å². The number of nitrogens with zero attached hydrogens (tertiary/aromatic N) is 2. The van der Waals surface area contributed by atoms with Gasteiger partial charge in [0.2, 0.25) is 11.8 Å². The number of fused-ring (bicyclic) bond motifs is 3. The fourth-order valence-electron chi connectivity index (χ4n) is 3.81. The second kappa shape index (κ2) is 6.04. The minimum atomic E-state index is 0.613. The lowest BCUT2D eigenvalue weighted by Gasteiger charge is -2.07. The predicted molar refractivity (Wildman–Crippen MR) is 115 cm³/mol. The van der Waals surface area contributed by atoms with Crippen LogP contribution in [0, 0.1) is 6.92 Å². The number of rotatable bonds is 2. The first-order valence-corrected chi connectivity index (χ1v) is 9.51. The van der Waals surface area contributed by atoms with Crippen LogP contribution in [0.2, 0.25) is 0 Å². The zero-order valence-corrected chi connectivity index (χ0v) is 15.7. The van der Waals surface area contributed by atoms with Gasteiger partial charge in [-0.2, -0.15) is 0 Å². The van der Waals surface area contributed by atoms with E-state index in [-0.39, 0.29) is 0 Å². The van der Waals surface area contributed by atoms with Crippen LogP contribution in [0.3, 0.4) is 0 Å². The molecule has 0 unspecified atom stereocenters. The summed E-state index contributed by atoms with van der Waals surface area (Å²) in [4.78, 5) is 9.40. The van der Waals surface area contributed by atoms with E-state index < -0.39 is 0 Å². The van der Waals surface area contributed by atoms with Gasteiger partial charge >= 0.3 is 0 Å². The van der Waals surface area contributed by atoms with Gasteiger partial charge in [-0.3, -0.25) is 0 Å². The quantitative estimate of drug-likeness (QED) is 0.335. The van der Waals surface area contributed by atoms with Crippen LogP contribution in [0.5, 0.6) is 0 Å². The Balaban J connectivity index is 1.58. The van der Waals surface area contributed by atoms with Gasteiger partial charge in [0.25, 0.3) is 0 Å². The van der Waals surface area contributed by atoms with Gasteiger partial charge < -0.3 is 8.83 Å². The Morgan fingerprint density at radius 3 is 1.86 bits per heavy atom. The summed E-state index contributed by atoms with van der Waals surface area (Å²) in [5, 5.41) is 2.10. The van der Waals surface area contributed by atoms with Crippen molar-refractivity contribution in [1.29, 1.82) is 0 Å². The van der Waals surface area contributed by atoms with Crippen molar-refractivity contribution in [2.45, 2.75) is 6.92 Å². The van der Waals surface area contributed by atoms with Crippen molar-refractivity contribution in [1.82, 2.24) is 9.97 Å². The fourth-order valence-corrected chi connectivity index (χ4v) is 3.81. The first kappa shape index (κ1) is 16.1. The van der Waals surface area contributed by atoms with Crippen molar-refractivity contribution in [2.24, 2.45) is 0 Å². The van der Waals surface area contributed by atoms with Crippen LogP contribution in [0.1, 0.15) is 5.56 Å². The van der Waals surface area contributed by atoms with Gasteiger partial charge in [-0.25, -0.2) is 9.97 Å². The molecular weight excluding hydrogens is 360 g/mol. The maximum absolute atomic E-state index is 6.06. The normalized spacial score (nSPS) is 11.6. The summed E-state index contributed by atoms with van der Waals surface area (Å²) in [6, 6.07) is 26.1. The van der Waals surface area contributed by atoms with Gasteiger partial charge in [-0.05, 0) is 59.7 Å². The summed E-state index contributed by atoms with van der Waals surface area (Å²) in [5.74, 6) is 1.23. The third-order valence-electron chi connectivity index (χ3n) is 5.22. The van der Waals surface area contributed by atoms with Crippen molar-refractivity contribution in [3.63, 3.8) is 0 Å². The maximum Gasteiger partial charge on any atom is 0.227 e. The van der Waals surface area contributed by atoms with Crippen LogP contribution in [0.15, 0.2) is 87.7 Å². The molecule has 0 aliphatic carbocycles. The fraction of sp³-hybridized carbons (Fsp3) is 0.0400. The average Bonchev–Trinajstić information content (AvgIpc) is 3.36. The molecule has 2 heterocycles. The zero-order chi connectivity index (χ0) is 19.4. The van der Waals surface area contributed by atoms with Gasteiger partial charge in [0, 0.05) is 11.1 Å². The SMILES string of the molecule is Cc1ccc2oc(-c3ccc(-c4nc5ccccc5o4)c4ccccc34)nc2c1. The standard InChI is InChI=1S/C25H16N2O2/c1-15-10-13-23-21(14-15)27-25(29-23)19-12-11-18(16-6-2-3-7-17(16)19)24-26-20-8-4-5-9-22(20)28-24/h2-14H,1H3. The van der Waals surface area contributed by atoms with Gasteiger partial charge in [0.15, 0.2) is 11.2 Å². The molecule has 0 amide bonds. The average molecular weight is 376 g/mol. The van der Waals surface area contributed by atoms with E-state index >= 15 is 0 Å². The summed E-state index contributed by atoms with van der Waals surface area (Å²) >= 11 is 0. The van der Waals surface area contributed by atoms with E-state index in [9.17, 15) is 0 Å². The second-order valence-electron chi connectivity index (χ2n) is 7.18. The van der Waals surface area contributed by atoms with E-state index in [1.807, 2.05) is 66.7 Å². The van der Waals surface area contributed by atoms with Gasteiger partial charge in [-0.15, -0.1) is 0 Å². The highest BCUT2D eigenvalue weighted by atomic mass is 16.4. The molecule has 2 aromatic heterocycles. The number of aryl methyl sites for hydroxylation is 1. The molecule has 4 heteroatoms. The Labute approximate surface area is 166 Å². The number of para-hydroxylation sites is 2. The largest absolute Gasteiger partial charge is 0.436 e. The van der Waals surface area contributed by atoms with Crippen molar-refractivity contribution in [3.05, 3.63) is 84.4 Å². The first-order valence-electron chi connectivity index (χ1n) is 9.51. The summed E-state index contributed by atoms with van der Waals surface area (Å²) in [7, 11) is 0. The molecular formula is C25H16N2O2. The monoisotopic (exact) mass is 376 g/mol. The molecule has 0 aliphatic rings. The molecule has 0 saturated carbocycles. The Morgan fingerprint density at radius 1 is 0.586 bits per heavy atom. The first-order chi connectivity index (χ1) is 14.3. The summed E-state index contributed by atoms with van der Waals surface area (Å²) in [5.41, 5.74) is 6.36. The summed E-state index contributed by atoms with van der Waals surface area (Å²) < 4.78 is 12.1. The van der Waals surface area contributed by atoms with Crippen LogP contribution in [0.4, 0.5) is 0 Å². The Hall–Kier alpha value is -3.92. The number of hydrogen-bond donors (Lipinski definition) is 0. The lowest BCUT2D eigenvalue weighted by Crippen LogP contribution is -1.86. The van der Waals surface area contributed by atoms with Crippen LogP contribution in [-0.2, 0) is 0 Å². The van der Waals surface area contributed by atoms with Crippen LogP contribution in [-0.4, -0.2) is 9.97 Å². The lowest BCUT2D eigenvalue weighted by atomic mass is 9.99.